The van der Waals surface area contributed by atoms with Crippen molar-refractivity contribution in [3.8, 4) is 10.7 Å². The highest BCUT2D eigenvalue weighted by atomic mass is 79.9. The molecule has 1 N–H and O–H groups in total. The number of hydrogen-bond donors (Lipinski definition) is 1. The normalized spacial score (nSPS) is 14.7. The Labute approximate surface area is 132 Å². The lowest BCUT2D eigenvalue weighted by Crippen LogP contribution is -2.09. The Bertz CT molecular complexity index is 609. The van der Waals surface area contributed by atoms with E-state index in [0.717, 1.165) is 39.7 Å². The van der Waals surface area contributed by atoms with Crippen molar-refractivity contribution < 1.29 is 0 Å². The van der Waals surface area contributed by atoms with Crippen LogP contribution in [0.15, 0.2) is 15.9 Å². The maximum Gasteiger partial charge on any atom is 0.171 e. The largest absolute Gasteiger partial charge is 0.370 e. The van der Waals surface area contributed by atoms with Gasteiger partial charge in [-0.2, -0.15) is 0 Å². The summed E-state index contributed by atoms with van der Waals surface area (Å²) >= 11 is 5.20. The number of anilines is 1. The summed E-state index contributed by atoms with van der Waals surface area (Å²) < 4.78 is 1.12. The van der Waals surface area contributed by atoms with Crippen molar-refractivity contribution in [1.82, 2.24) is 9.97 Å². The molecule has 2 aromatic rings. The first-order valence-electron chi connectivity index (χ1n) is 7.17. The van der Waals surface area contributed by atoms with Crippen LogP contribution >= 0.6 is 27.3 Å². The monoisotopic (exact) mass is 351 g/mol. The van der Waals surface area contributed by atoms with Gasteiger partial charge in [0, 0.05) is 17.8 Å². The summed E-state index contributed by atoms with van der Waals surface area (Å²) in [5, 5.41) is 3.42. The average Bonchev–Trinajstić information content (AvgIpc) is 2.73. The first kappa shape index (κ1) is 14.0. The zero-order chi connectivity index (χ0) is 13.9. The third-order valence-electron chi connectivity index (χ3n) is 3.57. The smallest absolute Gasteiger partial charge is 0.171 e. The molecule has 0 atom stereocenters. The van der Waals surface area contributed by atoms with E-state index >= 15 is 0 Å². The second kappa shape index (κ2) is 6.22. The molecule has 2 heterocycles. The van der Waals surface area contributed by atoms with Crippen LogP contribution in [0.25, 0.3) is 10.7 Å². The number of nitrogens with zero attached hydrogens (tertiary/aromatic N) is 2. The molecule has 5 heteroatoms. The number of hydrogen-bond acceptors (Lipinski definition) is 4. The lowest BCUT2D eigenvalue weighted by Gasteiger charge is -2.13. The number of thiophene rings is 1. The fourth-order valence-corrected chi connectivity index (χ4v) is 3.95. The fraction of sp³-hybridized carbons (Fsp3) is 0.467. The number of fused-ring (bicyclic) bond motifs is 1. The number of halogens is 1. The van der Waals surface area contributed by atoms with Gasteiger partial charge in [0.2, 0.25) is 0 Å². The average molecular weight is 352 g/mol. The minimum atomic E-state index is 0.859. The van der Waals surface area contributed by atoms with Gasteiger partial charge >= 0.3 is 0 Å². The summed E-state index contributed by atoms with van der Waals surface area (Å²) in [4.78, 5) is 10.7. The lowest BCUT2D eigenvalue weighted by atomic mass is 10.1. The SMILES string of the molecule is CCNc1nc(-c2ccc(Br)s2)nc2c1CCCCC2. The van der Waals surface area contributed by atoms with E-state index in [1.165, 1.54) is 30.5 Å². The molecule has 1 aliphatic rings. The van der Waals surface area contributed by atoms with Crippen molar-refractivity contribution in [3.63, 3.8) is 0 Å². The summed E-state index contributed by atoms with van der Waals surface area (Å²) in [5.41, 5.74) is 2.58. The van der Waals surface area contributed by atoms with Gasteiger partial charge in [0.25, 0.3) is 0 Å². The summed E-state index contributed by atoms with van der Waals surface area (Å²) in [5.74, 6) is 1.90. The molecular weight excluding hydrogens is 334 g/mol. The molecule has 0 amide bonds. The molecule has 2 aromatic heterocycles. The predicted molar refractivity (Wildman–Crippen MR) is 88.5 cm³/mol. The van der Waals surface area contributed by atoms with Crippen molar-refractivity contribution in [2.45, 2.75) is 39.0 Å². The molecule has 0 saturated heterocycles. The minimum Gasteiger partial charge on any atom is -0.370 e. The van der Waals surface area contributed by atoms with Crippen molar-refractivity contribution in [2.24, 2.45) is 0 Å². The molecule has 0 aliphatic heterocycles. The third-order valence-corrected chi connectivity index (χ3v) is 5.19. The van der Waals surface area contributed by atoms with E-state index in [1.54, 1.807) is 11.3 Å². The fourth-order valence-electron chi connectivity index (χ4n) is 2.63. The van der Waals surface area contributed by atoms with Crippen molar-refractivity contribution in [2.75, 3.05) is 11.9 Å². The Hall–Kier alpha value is -0.940. The van der Waals surface area contributed by atoms with Crippen LogP contribution in [0.5, 0.6) is 0 Å². The Morgan fingerprint density at radius 2 is 2.05 bits per heavy atom. The molecule has 20 heavy (non-hydrogen) atoms. The van der Waals surface area contributed by atoms with Gasteiger partial charge in [0.05, 0.1) is 8.66 Å². The summed E-state index contributed by atoms with van der Waals surface area (Å²) in [6.45, 7) is 3.02. The van der Waals surface area contributed by atoms with Crippen molar-refractivity contribution >= 4 is 33.1 Å². The minimum absolute atomic E-state index is 0.859. The molecule has 3 nitrogen and oxygen atoms in total. The van der Waals surface area contributed by atoms with E-state index in [2.05, 4.69) is 40.3 Å². The standard InChI is InChI=1S/C15H18BrN3S/c1-2-17-14-10-6-4-3-5-7-11(10)18-15(19-14)12-8-9-13(16)20-12/h8-9H,2-7H2,1H3,(H,17,18,19). The number of rotatable bonds is 3. The number of aryl methyl sites for hydroxylation is 1. The van der Waals surface area contributed by atoms with Crippen LogP contribution in [0.2, 0.25) is 0 Å². The highest BCUT2D eigenvalue weighted by Crippen LogP contribution is 2.32. The zero-order valence-electron chi connectivity index (χ0n) is 11.6. The second-order valence-electron chi connectivity index (χ2n) is 5.02. The van der Waals surface area contributed by atoms with Gasteiger partial charge < -0.3 is 5.32 Å². The predicted octanol–water partition coefficient (Wildman–Crippen LogP) is 4.67. The number of aromatic nitrogens is 2. The van der Waals surface area contributed by atoms with Crippen LogP contribution in [0.4, 0.5) is 5.82 Å². The Morgan fingerprint density at radius 1 is 1.20 bits per heavy atom. The van der Waals surface area contributed by atoms with E-state index in [0.29, 0.717) is 0 Å². The van der Waals surface area contributed by atoms with Crippen LogP contribution in [0.1, 0.15) is 37.4 Å². The van der Waals surface area contributed by atoms with Crippen LogP contribution in [-0.2, 0) is 12.8 Å². The Kier molecular flexibility index (Phi) is 4.36. The molecule has 0 spiro atoms. The topological polar surface area (TPSA) is 37.8 Å². The van der Waals surface area contributed by atoms with Crippen LogP contribution in [-0.4, -0.2) is 16.5 Å². The van der Waals surface area contributed by atoms with E-state index in [9.17, 15) is 0 Å². The third kappa shape index (κ3) is 2.88. The molecule has 0 unspecified atom stereocenters. The summed E-state index contributed by atoms with van der Waals surface area (Å²) in [6.07, 6.45) is 5.96. The van der Waals surface area contributed by atoms with Crippen molar-refractivity contribution in [3.05, 3.63) is 27.2 Å². The quantitative estimate of drug-likeness (QED) is 0.816. The van der Waals surface area contributed by atoms with Gasteiger partial charge in [-0.1, -0.05) is 6.42 Å². The Balaban J connectivity index is 2.08. The molecular formula is C15H18BrN3S. The molecule has 0 aromatic carbocycles. The van der Waals surface area contributed by atoms with Gasteiger partial charge in [-0.3, -0.25) is 0 Å². The Morgan fingerprint density at radius 3 is 2.80 bits per heavy atom. The highest BCUT2D eigenvalue weighted by Gasteiger charge is 2.17. The van der Waals surface area contributed by atoms with E-state index in [1.807, 2.05) is 0 Å². The van der Waals surface area contributed by atoms with Gasteiger partial charge in [0.1, 0.15) is 5.82 Å². The second-order valence-corrected chi connectivity index (χ2v) is 7.48. The first-order valence-corrected chi connectivity index (χ1v) is 8.78. The highest BCUT2D eigenvalue weighted by molar-refractivity contribution is 9.11. The van der Waals surface area contributed by atoms with Gasteiger partial charge in [0.15, 0.2) is 5.82 Å². The molecule has 0 saturated carbocycles. The van der Waals surface area contributed by atoms with Crippen LogP contribution in [0.3, 0.4) is 0 Å². The van der Waals surface area contributed by atoms with E-state index < -0.39 is 0 Å². The molecule has 3 rings (SSSR count). The summed E-state index contributed by atoms with van der Waals surface area (Å²) in [7, 11) is 0. The molecule has 0 radical (unpaired) electrons. The molecule has 106 valence electrons. The number of nitrogens with one attached hydrogen (secondary N) is 1. The lowest BCUT2D eigenvalue weighted by molar-refractivity contribution is 0.709. The van der Waals surface area contributed by atoms with Crippen LogP contribution < -0.4 is 5.32 Å². The molecule has 0 bridgehead atoms. The first-order chi connectivity index (χ1) is 9.78. The molecule has 0 fully saturated rings. The van der Waals surface area contributed by atoms with E-state index in [4.69, 9.17) is 9.97 Å². The molecule has 1 aliphatic carbocycles. The summed E-state index contributed by atoms with van der Waals surface area (Å²) in [6, 6.07) is 4.14. The van der Waals surface area contributed by atoms with E-state index in [-0.39, 0.29) is 0 Å². The maximum atomic E-state index is 4.84. The van der Waals surface area contributed by atoms with Crippen LogP contribution in [0, 0.1) is 0 Å². The van der Waals surface area contributed by atoms with Gasteiger partial charge in [-0.15, -0.1) is 11.3 Å². The van der Waals surface area contributed by atoms with Crippen molar-refractivity contribution in [1.29, 1.82) is 0 Å². The zero-order valence-corrected chi connectivity index (χ0v) is 14.0. The van der Waals surface area contributed by atoms with Gasteiger partial charge in [-0.05, 0) is 60.7 Å². The van der Waals surface area contributed by atoms with Gasteiger partial charge in [-0.25, -0.2) is 9.97 Å². The maximum absolute atomic E-state index is 4.84.